The van der Waals surface area contributed by atoms with Gasteiger partial charge in [-0.2, -0.15) is 4.98 Å². The van der Waals surface area contributed by atoms with E-state index in [4.69, 9.17) is 9.47 Å². The summed E-state index contributed by atoms with van der Waals surface area (Å²) in [6.45, 7) is 0. The number of aryl methyl sites for hydroxylation is 1. The highest BCUT2D eigenvalue weighted by Gasteiger charge is 2.19. The fourth-order valence-corrected chi connectivity index (χ4v) is 3.66. The second-order valence-electron chi connectivity index (χ2n) is 5.56. The van der Waals surface area contributed by atoms with Gasteiger partial charge in [-0.05, 0) is 31.4 Å². The Morgan fingerprint density at radius 2 is 2.16 bits per heavy atom. The minimum absolute atomic E-state index is 0.165. The Labute approximate surface area is 149 Å². The van der Waals surface area contributed by atoms with E-state index in [9.17, 15) is 9.59 Å². The summed E-state index contributed by atoms with van der Waals surface area (Å²) in [4.78, 5) is 30.7. The average molecular weight is 361 g/mol. The Hall–Kier alpha value is -2.48. The number of anilines is 1. The summed E-state index contributed by atoms with van der Waals surface area (Å²) in [5.41, 5.74) is 2.21. The number of benzene rings is 1. The molecule has 1 amide bonds. The van der Waals surface area contributed by atoms with Crippen molar-refractivity contribution in [3.63, 3.8) is 0 Å². The zero-order valence-corrected chi connectivity index (χ0v) is 14.9. The lowest BCUT2D eigenvalue weighted by atomic mass is 10.2. The normalized spacial score (nSPS) is 12.6. The number of thioether (sulfide) groups is 1. The Morgan fingerprint density at radius 3 is 2.92 bits per heavy atom. The molecule has 0 saturated heterocycles. The highest BCUT2D eigenvalue weighted by atomic mass is 32.2. The van der Waals surface area contributed by atoms with Crippen LogP contribution in [0.3, 0.4) is 0 Å². The maximum atomic E-state index is 12.3. The van der Waals surface area contributed by atoms with Gasteiger partial charge in [0, 0.05) is 17.3 Å². The zero-order chi connectivity index (χ0) is 17.8. The summed E-state index contributed by atoms with van der Waals surface area (Å²) in [7, 11) is 3.10. The monoisotopic (exact) mass is 361 g/mol. The fourth-order valence-electron chi connectivity index (χ4n) is 2.78. The van der Waals surface area contributed by atoms with Crippen LogP contribution in [0.15, 0.2) is 28.0 Å². The molecule has 0 saturated carbocycles. The third kappa shape index (κ3) is 3.96. The molecule has 132 valence electrons. The Morgan fingerprint density at radius 1 is 1.32 bits per heavy atom. The molecule has 25 heavy (non-hydrogen) atoms. The lowest BCUT2D eigenvalue weighted by molar-refractivity contribution is -0.113. The van der Waals surface area contributed by atoms with E-state index in [1.165, 1.54) is 18.9 Å². The molecule has 0 atom stereocenters. The van der Waals surface area contributed by atoms with E-state index in [-0.39, 0.29) is 17.3 Å². The number of fused-ring (bicyclic) bond motifs is 1. The van der Waals surface area contributed by atoms with Gasteiger partial charge in [0.15, 0.2) is 0 Å². The molecule has 2 aromatic rings. The van der Waals surface area contributed by atoms with E-state index in [2.05, 4.69) is 15.3 Å². The third-order valence-electron chi connectivity index (χ3n) is 3.96. The number of aromatic amines is 1. The van der Waals surface area contributed by atoms with Crippen molar-refractivity contribution < 1.29 is 14.3 Å². The summed E-state index contributed by atoms with van der Waals surface area (Å²) < 4.78 is 10.4. The minimum atomic E-state index is -0.361. The highest BCUT2D eigenvalue weighted by molar-refractivity contribution is 8.00. The van der Waals surface area contributed by atoms with Gasteiger partial charge in [0.25, 0.3) is 0 Å². The number of carbonyl (C=O) groups is 1. The molecule has 0 aliphatic heterocycles. The Balaban J connectivity index is 1.67. The fraction of sp³-hybridized carbons (Fsp3) is 0.353. The minimum Gasteiger partial charge on any atom is -0.497 e. The molecule has 7 nitrogen and oxygen atoms in total. The molecular weight excluding hydrogens is 342 g/mol. The van der Waals surface area contributed by atoms with E-state index < -0.39 is 0 Å². The number of carbonyl (C=O) groups excluding carboxylic acids is 1. The summed E-state index contributed by atoms with van der Waals surface area (Å²) >= 11 is 1.28. The Kier molecular flexibility index (Phi) is 5.28. The standard InChI is InChI=1S/C17H19N3O4S/c1-23-10-6-7-13(14(8-10)24-2)18-15(21)9-25-16-11-4-3-5-12(11)19-17(22)20-16/h6-8H,3-5,9H2,1-2H3,(H,18,21)(H,19,20,22). The number of nitrogens with zero attached hydrogens (tertiary/aromatic N) is 1. The molecular formula is C17H19N3O4S. The Bertz CT molecular complexity index is 850. The van der Waals surface area contributed by atoms with Crippen molar-refractivity contribution in [2.45, 2.75) is 24.3 Å². The number of hydrogen-bond donors (Lipinski definition) is 2. The van der Waals surface area contributed by atoms with Gasteiger partial charge in [-0.15, -0.1) is 0 Å². The van der Waals surface area contributed by atoms with E-state index >= 15 is 0 Å². The molecule has 1 aromatic heterocycles. The van der Waals surface area contributed by atoms with Gasteiger partial charge in [-0.25, -0.2) is 4.79 Å². The van der Waals surface area contributed by atoms with Crippen LogP contribution in [0.5, 0.6) is 11.5 Å². The summed E-state index contributed by atoms with van der Waals surface area (Å²) in [6, 6.07) is 5.17. The van der Waals surface area contributed by atoms with E-state index in [0.717, 1.165) is 30.5 Å². The van der Waals surface area contributed by atoms with Gasteiger partial charge in [0.05, 0.1) is 25.7 Å². The topological polar surface area (TPSA) is 93.3 Å². The quantitative estimate of drug-likeness (QED) is 0.604. The molecule has 1 aliphatic carbocycles. The maximum Gasteiger partial charge on any atom is 0.346 e. The highest BCUT2D eigenvalue weighted by Crippen LogP contribution is 2.30. The molecule has 1 aromatic carbocycles. The van der Waals surface area contributed by atoms with Crippen molar-refractivity contribution in [1.29, 1.82) is 0 Å². The van der Waals surface area contributed by atoms with Crippen LogP contribution in [0.1, 0.15) is 17.7 Å². The maximum absolute atomic E-state index is 12.3. The zero-order valence-electron chi connectivity index (χ0n) is 14.0. The van der Waals surface area contributed by atoms with Crippen molar-refractivity contribution in [2.75, 3.05) is 25.3 Å². The van der Waals surface area contributed by atoms with Crippen LogP contribution in [-0.2, 0) is 17.6 Å². The first kappa shape index (κ1) is 17.3. The molecule has 0 spiro atoms. The van der Waals surface area contributed by atoms with E-state index in [0.29, 0.717) is 22.2 Å². The van der Waals surface area contributed by atoms with Gasteiger partial charge in [0.2, 0.25) is 5.91 Å². The van der Waals surface area contributed by atoms with E-state index in [1.807, 2.05) is 0 Å². The summed E-state index contributed by atoms with van der Waals surface area (Å²) in [6.07, 6.45) is 2.74. The lowest BCUT2D eigenvalue weighted by Crippen LogP contribution is -2.17. The predicted molar refractivity (Wildman–Crippen MR) is 95.8 cm³/mol. The summed E-state index contributed by atoms with van der Waals surface area (Å²) in [5, 5.41) is 3.46. The second-order valence-corrected chi connectivity index (χ2v) is 6.52. The first-order chi connectivity index (χ1) is 12.1. The molecule has 8 heteroatoms. The second kappa shape index (κ2) is 7.60. The van der Waals surface area contributed by atoms with Crippen LogP contribution < -0.4 is 20.5 Å². The SMILES string of the molecule is COc1ccc(NC(=O)CSc2nc(=O)[nH]c3c2CCC3)c(OC)c1. The van der Waals surface area contributed by atoms with Crippen molar-refractivity contribution in [2.24, 2.45) is 0 Å². The first-order valence-corrected chi connectivity index (χ1v) is 8.86. The van der Waals surface area contributed by atoms with Crippen molar-refractivity contribution in [3.8, 4) is 11.5 Å². The van der Waals surface area contributed by atoms with Gasteiger partial charge >= 0.3 is 5.69 Å². The smallest absolute Gasteiger partial charge is 0.346 e. The number of H-pyrrole nitrogens is 1. The van der Waals surface area contributed by atoms with Crippen LogP contribution >= 0.6 is 11.8 Å². The number of amides is 1. The largest absolute Gasteiger partial charge is 0.497 e. The van der Waals surface area contributed by atoms with Gasteiger partial charge in [-0.3, -0.25) is 4.79 Å². The number of nitrogens with one attached hydrogen (secondary N) is 2. The van der Waals surface area contributed by atoms with Crippen LogP contribution in [-0.4, -0.2) is 35.8 Å². The molecule has 1 aliphatic rings. The van der Waals surface area contributed by atoms with Crippen molar-refractivity contribution in [3.05, 3.63) is 39.9 Å². The van der Waals surface area contributed by atoms with Crippen LogP contribution in [0.4, 0.5) is 5.69 Å². The van der Waals surface area contributed by atoms with Gasteiger partial charge in [-0.1, -0.05) is 11.8 Å². The predicted octanol–water partition coefficient (Wildman–Crippen LogP) is 2.01. The molecule has 0 fully saturated rings. The number of methoxy groups -OCH3 is 2. The molecule has 0 radical (unpaired) electrons. The number of ether oxygens (including phenoxy) is 2. The third-order valence-corrected chi connectivity index (χ3v) is 4.98. The molecule has 3 rings (SSSR count). The van der Waals surface area contributed by atoms with Crippen molar-refractivity contribution >= 4 is 23.4 Å². The van der Waals surface area contributed by atoms with Crippen LogP contribution in [0.2, 0.25) is 0 Å². The van der Waals surface area contributed by atoms with Crippen LogP contribution in [0, 0.1) is 0 Å². The van der Waals surface area contributed by atoms with Crippen molar-refractivity contribution in [1.82, 2.24) is 9.97 Å². The number of rotatable bonds is 6. The molecule has 2 N–H and O–H groups in total. The average Bonchev–Trinajstić information content (AvgIpc) is 3.08. The number of hydrogen-bond acceptors (Lipinski definition) is 6. The number of aromatic nitrogens is 2. The molecule has 1 heterocycles. The van der Waals surface area contributed by atoms with Gasteiger partial charge in [0.1, 0.15) is 16.5 Å². The summed E-state index contributed by atoms with van der Waals surface area (Å²) in [5.74, 6) is 1.14. The first-order valence-electron chi connectivity index (χ1n) is 7.87. The van der Waals surface area contributed by atoms with E-state index in [1.54, 1.807) is 25.3 Å². The molecule has 0 bridgehead atoms. The lowest BCUT2D eigenvalue weighted by Gasteiger charge is -2.12. The van der Waals surface area contributed by atoms with Gasteiger partial charge < -0.3 is 19.8 Å². The van der Waals surface area contributed by atoms with Crippen LogP contribution in [0.25, 0.3) is 0 Å². The molecule has 0 unspecified atom stereocenters.